The van der Waals surface area contributed by atoms with E-state index in [9.17, 15) is 24.0 Å². The zero-order chi connectivity index (χ0) is 21.6. The molecular formula is C22H22N2O6. The number of ketones is 1. The summed E-state index contributed by atoms with van der Waals surface area (Å²) in [5, 5.41) is 2.56. The molecule has 0 spiro atoms. The fourth-order valence-corrected chi connectivity index (χ4v) is 4.66. The van der Waals surface area contributed by atoms with Crippen LogP contribution in [-0.2, 0) is 23.9 Å². The highest BCUT2D eigenvalue weighted by atomic mass is 16.5. The average molecular weight is 410 g/mol. The van der Waals surface area contributed by atoms with E-state index >= 15 is 0 Å². The van der Waals surface area contributed by atoms with Gasteiger partial charge >= 0.3 is 5.97 Å². The minimum absolute atomic E-state index is 0.0600. The van der Waals surface area contributed by atoms with E-state index in [0.29, 0.717) is 11.3 Å². The van der Waals surface area contributed by atoms with Gasteiger partial charge in [0.25, 0.3) is 5.91 Å². The molecular weight excluding hydrogens is 388 g/mol. The highest BCUT2D eigenvalue weighted by molar-refractivity contribution is 6.09. The Labute approximate surface area is 173 Å². The second-order valence-corrected chi connectivity index (χ2v) is 8.01. The Morgan fingerprint density at radius 1 is 1.07 bits per heavy atom. The molecule has 8 heteroatoms. The van der Waals surface area contributed by atoms with E-state index in [2.05, 4.69) is 5.32 Å². The van der Waals surface area contributed by atoms with Gasteiger partial charge < -0.3 is 10.1 Å². The summed E-state index contributed by atoms with van der Waals surface area (Å²) < 4.78 is 5.03. The molecule has 8 nitrogen and oxygen atoms in total. The van der Waals surface area contributed by atoms with Crippen LogP contribution in [0.4, 0.5) is 5.69 Å². The van der Waals surface area contributed by atoms with Crippen LogP contribution in [0.1, 0.15) is 30.6 Å². The van der Waals surface area contributed by atoms with E-state index < -0.39 is 24.5 Å². The number of ether oxygens (including phenoxy) is 1. The molecule has 3 aliphatic rings. The molecule has 1 saturated heterocycles. The van der Waals surface area contributed by atoms with E-state index in [-0.39, 0.29) is 41.3 Å². The number of nitrogens with one attached hydrogen (secondary N) is 1. The molecule has 1 aromatic carbocycles. The van der Waals surface area contributed by atoms with Gasteiger partial charge in [0.15, 0.2) is 12.4 Å². The number of Topliss-reactive ketones (excluding diaryl/α,β-unsaturated/α-hetero) is 1. The Balaban J connectivity index is 1.32. The Morgan fingerprint density at radius 3 is 2.17 bits per heavy atom. The standard InChI is InChI=1S/C22H22N2O6/c1-11(24-20(27)18-14-3-4-15(9-14)19(18)21(24)28)22(29)30-10-17(26)23-16-7-5-13(6-8-16)12(2)25/h3-8,11,14-15,18-19H,9-10H2,1-2H3,(H,23,26)/t11-,14-,15-,18-,19-/m0/s1. The molecule has 4 rings (SSSR count). The maximum Gasteiger partial charge on any atom is 0.329 e. The lowest BCUT2D eigenvalue weighted by Gasteiger charge is -2.23. The molecule has 1 N–H and O–H groups in total. The number of allylic oxidation sites excluding steroid dienone is 2. The molecule has 2 aliphatic carbocycles. The van der Waals surface area contributed by atoms with Gasteiger partial charge in [-0.1, -0.05) is 12.2 Å². The average Bonchev–Trinajstić information content (AvgIpc) is 3.40. The van der Waals surface area contributed by atoms with Gasteiger partial charge in [-0.25, -0.2) is 4.79 Å². The zero-order valence-electron chi connectivity index (χ0n) is 16.7. The number of benzene rings is 1. The largest absolute Gasteiger partial charge is 0.454 e. The van der Waals surface area contributed by atoms with Crippen LogP contribution in [-0.4, -0.2) is 47.0 Å². The molecule has 1 saturated carbocycles. The van der Waals surface area contributed by atoms with Crippen LogP contribution in [0.15, 0.2) is 36.4 Å². The number of hydrogen-bond acceptors (Lipinski definition) is 6. The van der Waals surface area contributed by atoms with Gasteiger partial charge in [0, 0.05) is 11.3 Å². The quantitative estimate of drug-likeness (QED) is 0.330. The molecule has 156 valence electrons. The number of rotatable bonds is 6. The molecule has 0 radical (unpaired) electrons. The van der Waals surface area contributed by atoms with E-state index in [0.717, 1.165) is 11.3 Å². The smallest absolute Gasteiger partial charge is 0.329 e. The third kappa shape index (κ3) is 3.32. The predicted octanol–water partition coefficient (Wildman–Crippen LogP) is 1.57. The number of amides is 3. The number of fused-ring (bicyclic) bond motifs is 5. The molecule has 3 amide bonds. The summed E-state index contributed by atoms with van der Waals surface area (Å²) in [5.74, 6) is -2.77. The molecule has 2 bridgehead atoms. The van der Waals surface area contributed by atoms with Gasteiger partial charge in [-0.2, -0.15) is 0 Å². The number of nitrogens with zero attached hydrogens (tertiary/aromatic N) is 1. The summed E-state index contributed by atoms with van der Waals surface area (Å²) in [5.41, 5.74) is 0.969. The molecule has 1 heterocycles. The van der Waals surface area contributed by atoms with Gasteiger partial charge in [0.05, 0.1) is 11.8 Å². The molecule has 5 atom stereocenters. The Morgan fingerprint density at radius 2 is 1.63 bits per heavy atom. The van der Waals surface area contributed by atoms with Crippen molar-refractivity contribution in [3.63, 3.8) is 0 Å². The van der Waals surface area contributed by atoms with Crippen LogP contribution >= 0.6 is 0 Å². The van der Waals surface area contributed by atoms with Gasteiger partial charge in [0.2, 0.25) is 11.8 Å². The highest BCUT2D eigenvalue weighted by Crippen LogP contribution is 2.52. The monoisotopic (exact) mass is 410 g/mol. The van der Waals surface area contributed by atoms with Crippen molar-refractivity contribution in [1.82, 2.24) is 4.90 Å². The number of carbonyl (C=O) groups excluding carboxylic acids is 5. The fraction of sp³-hybridized carbons (Fsp3) is 0.409. The topological polar surface area (TPSA) is 110 Å². The number of anilines is 1. The second kappa shape index (κ2) is 7.51. The summed E-state index contributed by atoms with van der Waals surface area (Å²) in [6.07, 6.45) is 4.78. The van der Waals surface area contributed by atoms with Gasteiger partial charge in [-0.3, -0.25) is 24.1 Å². The minimum atomic E-state index is -1.09. The van der Waals surface area contributed by atoms with Crippen LogP contribution in [0.25, 0.3) is 0 Å². The van der Waals surface area contributed by atoms with E-state index in [1.165, 1.54) is 13.8 Å². The maximum absolute atomic E-state index is 12.7. The number of esters is 1. The van der Waals surface area contributed by atoms with Gasteiger partial charge in [-0.05, 0) is 56.4 Å². The lowest BCUT2D eigenvalue weighted by Crippen LogP contribution is -2.45. The Kier molecular flexibility index (Phi) is 5.01. The summed E-state index contributed by atoms with van der Waals surface area (Å²) in [6.45, 7) is 2.33. The molecule has 0 unspecified atom stereocenters. The fourth-order valence-electron chi connectivity index (χ4n) is 4.66. The van der Waals surface area contributed by atoms with Crippen LogP contribution < -0.4 is 5.32 Å². The van der Waals surface area contributed by atoms with Crippen molar-refractivity contribution in [2.45, 2.75) is 26.3 Å². The third-order valence-electron chi connectivity index (χ3n) is 6.15. The second-order valence-electron chi connectivity index (χ2n) is 8.01. The number of hydrogen-bond donors (Lipinski definition) is 1. The van der Waals surface area contributed by atoms with Crippen molar-refractivity contribution in [1.29, 1.82) is 0 Å². The van der Waals surface area contributed by atoms with E-state index in [4.69, 9.17) is 4.74 Å². The van der Waals surface area contributed by atoms with Crippen molar-refractivity contribution < 1.29 is 28.7 Å². The molecule has 2 fully saturated rings. The summed E-state index contributed by atoms with van der Waals surface area (Å²) in [4.78, 5) is 62.2. The summed E-state index contributed by atoms with van der Waals surface area (Å²) in [7, 11) is 0. The van der Waals surface area contributed by atoms with E-state index in [1.807, 2.05) is 12.2 Å². The normalized spacial score (nSPS) is 27.2. The summed E-state index contributed by atoms with van der Waals surface area (Å²) in [6, 6.07) is 5.21. The molecule has 30 heavy (non-hydrogen) atoms. The third-order valence-corrected chi connectivity index (χ3v) is 6.15. The number of imide groups is 1. The zero-order valence-corrected chi connectivity index (χ0v) is 16.7. The SMILES string of the molecule is CC(=O)c1ccc(NC(=O)COC(=O)[C@H](C)N2C(=O)[C@@H]3[C@@H](C2=O)[C@H]2C=C[C@H]3C2)cc1. The van der Waals surface area contributed by atoms with Crippen molar-refractivity contribution in [3.05, 3.63) is 42.0 Å². The number of likely N-dealkylation sites (tertiary alicyclic amines) is 1. The first-order valence-corrected chi connectivity index (χ1v) is 9.90. The first kappa shape index (κ1) is 20.0. The summed E-state index contributed by atoms with van der Waals surface area (Å²) >= 11 is 0. The minimum Gasteiger partial charge on any atom is -0.454 e. The lowest BCUT2D eigenvalue weighted by atomic mass is 9.85. The van der Waals surface area contributed by atoms with Crippen molar-refractivity contribution in [2.75, 3.05) is 11.9 Å². The Hall–Kier alpha value is -3.29. The first-order valence-electron chi connectivity index (χ1n) is 9.90. The first-order chi connectivity index (χ1) is 14.3. The van der Waals surface area contributed by atoms with Gasteiger partial charge in [0.1, 0.15) is 6.04 Å². The van der Waals surface area contributed by atoms with Crippen LogP contribution in [0.2, 0.25) is 0 Å². The van der Waals surface area contributed by atoms with Crippen LogP contribution in [0.5, 0.6) is 0 Å². The van der Waals surface area contributed by atoms with Crippen molar-refractivity contribution in [3.8, 4) is 0 Å². The molecule has 1 aromatic rings. The number of carbonyl (C=O) groups is 5. The van der Waals surface area contributed by atoms with Crippen molar-refractivity contribution >= 4 is 35.2 Å². The van der Waals surface area contributed by atoms with E-state index in [1.54, 1.807) is 24.3 Å². The Bertz CT molecular complexity index is 936. The van der Waals surface area contributed by atoms with Gasteiger partial charge in [-0.15, -0.1) is 0 Å². The predicted molar refractivity (Wildman–Crippen MR) is 105 cm³/mol. The van der Waals surface area contributed by atoms with Crippen LogP contribution in [0, 0.1) is 23.7 Å². The maximum atomic E-state index is 12.7. The highest BCUT2D eigenvalue weighted by Gasteiger charge is 2.60. The molecule has 1 aliphatic heterocycles. The van der Waals surface area contributed by atoms with Crippen molar-refractivity contribution in [2.24, 2.45) is 23.7 Å². The molecule has 0 aromatic heterocycles. The lowest BCUT2D eigenvalue weighted by molar-refractivity contribution is -0.159. The van der Waals surface area contributed by atoms with Crippen LogP contribution in [0.3, 0.4) is 0 Å².